The van der Waals surface area contributed by atoms with Crippen LogP contribution in [0.1, 0.15) is 66.8 Å². The number of likely N-dealkylation sites (tertiary alicyclic amines) is 1. The van der Waals surface area contributed by atoms with E-state index >= 15 is 0 Å². The van der Waals surface area contributed by atoms with Crippen LogP contribution in [0.15, 0.2) is 102 Å². The van der Waals surface area contributed by atoms with E-state index in [0.29, 0.717) is 31.7 Å². The Balaban J connectivity index is 0.919. The molecule has 12 heteroatoms. The third-order valence-electron chi connectivity index (χ3n) is 12.2. The van der Waals surface area contributed by atoms with Crippen molar-refractivity contribution in [3.8, 4) is 16.9 Å². The number of pyridine rings is 1. The number of phenolic OH excluding ortho intramolecular Hbond substituents is 1. The average molecular weight is 816 g/mol. The van der Waals surface area contributed by atoms with E-state index in [2.05, 4.69) is 66.5 Å². The average Bonchev–Trinajstić information content (AvgIpc) is 3.21. The van der Waals surface area contributed by atoms with Crippen molar-refractivity contribution in [1.29, 1.82) is 0 Å². The number of aromatic nitrogens is 1. The molecule has 0 unspecified atom stereocenters. The smallest absolute Gasteiger partial charge is 0.411 e. The lowest BCUT2D eigenvalue weighted by Gasteiger charge is -2.39. The number of ether oxygens (including phenoxy) is 1. The second kappa shape index (κ2) is 17.9. The maximum absolute atomic E-state index is 13.8. The summed E-state index contributed by atoms with van der Waals surface area (Å²) in [6.07, 6.45) is 1.35. The number of fused-ring (bicyclic) bond motifs is 2. The topological polar surface area (TPSA) is 136 Å². The van der Waals surface area contributed by atoms with Crippen LogP contribution in [-0.2, 0) is 22.1 Å². The van der Waals surface area contributed by atoms with Crippen LogP contribution in [0.3, 0.4) is 0 Å². The van der Waals surface area contributed by atoms with Crippen molar-refractivity contribution in [1.82, 2.24) is 20.1 Å². The van der Waals surface area contributed by atoms with Gasteiger partial charge >= 0.3 is 6.09 Å². The molecule has 3 heterocycles. The van der Waals surface area contributed by atoms with E-state index in [-0.39, 0.29) is 34.5 Å². The molecule has 0 spiro atoms. The molecular formula is C47H57N5O6Si. The second-order valence-corrected chi connectivity index (χ2v) is 22.1. The lowest BCUT2D eigenvalue weighted by Crippen LogP contribution is -2.45. The first-order valence-electron chi connectivity index (χ1n) is 20.7. The predicted octanol–water partition coefficient (Wildman–Crippen LogP) is 8.46. The van der Waals surface area contributed by atoms with Gasteiger partial charge in [0.1, 0.15) is 11.9 Å². The van der Waals surface area contributed by atoms with Gasteiger partial charge in [-0.25, -0.2) is 4.79 Å². The number of phenols is 1. The second-order valence-electron chi connectivity index (χ2n) is 17.3. The van der Waals surface area contributed by atoms with E-state index < -0.39 is 14.4 Å². The number of nitrogens with one attached hydrogen (secondary N) is 3. The van der Waals surface area contributed by atoms with E-state index in [1.165, 1.54) is 6.07 Å². The SMILES string of the molecule is CC(C)(C)[Si](C)(C)O[C@@H](CNCc1ccc2c(c1)C(=O)N(CCN1CCC(OC(=O)Nc3ccccc3-c3ccccc3)CC1)CC2)c1ccc(O)c2[nH]c(=O)ccc12. The summed E-state index contributed by atoms with van der Waals surface area (Å²) < 4.78 is 12.8. The number of anilines is 1. The minimum Gasteiger partial charge on any atom is -0.506 e. The zero-order chi connectivity index (χ0) is 41.7. The first-order valence-corrected chi connectivity index (χ1v) is 23.7. The normalized spacial score (nSPS) is 15.9. The van der Waals surface area contributed by atoms with Crippen LogP contribution in [0, 0.1) is 0 Å². The Morgan fingerprint density at radius 2 is 1.64 bits per heavy atom. The lowest BCUT2D eigenvalue weighted by molar-refractivity contribution is 0.0517. The number of benzene rings is 4. The maximum Gasteiger partial charge on any atom is 0.411 e. The Morgan fingerprint density at radius 3 is 2.41 bits per heavy atom. The first kappa shape index (κ1) is 41.9. The monoisotopic (exact) mass is 815 g/mol. The number of aromatic hydroxyl groups is 1. The summed E-state index contributed by atoms with van der Waals surface area (Å²) in [5.41, 5.74) is 6.55. The third kappa shape index (κ3) is 9.96. The standard InChI is InChI=1S/C47H57N5O6Si/c1-47(2,3)59(4,5)58-42(37-17-19-41(53)44-38(37)18-20-43(54)50-44)31-48-30-32-15-16-34-21-26-52(45(55)39(34)29-32)28-27-51-24-22-35(23-25-51)57-46(56)49-40-14-10-9-13-36(40)33-11-7-6-8-12-33/h6-20,29,35,42,48,53H,21-28,30-31H2,1-5H3,(H,49,56)(H,50,54)/t42-/m0/s1. The zero-order valence-corrected chi connectivity index (χ0v) is 35.8. The zero-order valence-electron chi connectivity index (χ0n) is 34.8. The number of nitrogens with zero attached hydrogens (tertiary/aromatic N) is 2. The van der Waals surface area contributed by atoms with Crippen LogP contribution in [0.4, 0.5) is 10.5 Å². The molecule has 1 atom stereocenters. The number of carbonyl (C=O) groups excluding carboxylic acids is 2. The molecule has 4 N–H and O–H groups in total. The minimum atomic E-state index is -2.23. The van der Waals surface area contributed by atoms with E-state index in [9.17, 15) is 19.5 Å². The van der Waals surface area contributed by atoms with Crippen LogP contribution in [0.2, 0.25) is 18.1 Å². The number of hydrogen-bond acceptors (Lipinski definition) is 8. The van der Waals surface area contributed by atoms with Gasteiger partial charge in [-0.1, -0.05) is 87.5 Å². The molecule has 1 saturated heterocycles. The number of carbonyl (C=O) groups is 2. The predicted molar refractivity (Wildman–Crippen MR) is 236 cm³/mol. The van der Waals surface area contributed by atoms with Gasteiger partial charge < -0.3 is 34.4 Å². The molecule has 1 fully saturated rings. The van der Waals surface area contributed by atoms with Crippen molar-refractivity contribution in [2.75, 3.05) is 44.6 Å². The van der Waals surface area contributed by atoms with Crippen molar-refractivity contribution in [2.45, 2.75) is 76.9 Å². The number of piperidine rings is 1. The molecule has 0 saturated carbocycles. The molecule has 2 amide bonds. The van der Waals surface area contributed by atoms with Crippen molar-refractivity contribution >= 4 is 36.9 Å². The number of rotatable bonds is 13. The highest BCUT2D eigenvalue weighted by Gasteiger charge is 2.40. The molecule has 11 nitrogen and oxygen atoms in total. The largest absolute Gasteiger partial charge is 0.506 e. The summed E-state index contributed by atoms with van der Waals surface area (Å²) >= 11 is 0. The third-order valence-corrected chi connectivity index (χ3v) is 16.7. The number of aromatic amines is 1. The molecule has 0 bridgehead atoms. The molecule has 0 radical (unpaired) electrons. The fourth-order valence-corrected chi connectivity index (χ4v) is 9.07. The molecular weight excluding hydrogens is 759 g/mol. The number of para-hydroxylation sites is 1. The highest BCUT2D eigenvalue weighted by Crippen LogP contribution is 2.41. The van der Waals surface area contributed by atoms with E-state index in [1.54, 1.807) is 12.1 Å². The van der Waals surface area contributed by atoms with Crippen LogP contribution in [0.5, 0.6) is 5.75 Å². The Bertz CT molecular complexity index is 2330. The van der Waals surface area contributed by atoms with Gasteiger partial charge in [-0.05, 0) is 83.9 Å². The van der Waals surface area contributed by atoms with E-state index in [4.69, 9.17) is 9.16 Å². The Labute approximate surface area is 347 Å². The molecule has 59 heavy (non-hydrogen) atoms. The van der Waals surface area contributed by atoms with Gasteiger partial charge in [-0.15, -0.1) is 0 Å². The van der Waals surface area contributed by atoms with Crippen LogP contribution in [-0.4, -0.2) is 85.6 Å². The summed E-state index contributed by atoms with van der Waals surface area (Å²) in [5, 5.41) is 17.8. The summed E-state index contributed by atoms with van der Waals surface area (Å²) in [6.45, 7) is 15.8. The van der Waals surface area contributed by atoms with Gasteiger partial charge in [0.05, 0.1) is 17.3 Å². The fourth-order valence-electron chi connectivity index (χ4n) is 7.79. The van der Waals surface area contributed by atoms with E-state index in [0.717, 1.165) is 83.4 Å². The van der Waals surface area contributed by atoms with Gasteiger partial charge in [-0.2, -0.15) is 0 Å². The molecule has 7 rings (SSSR count). The van der Waals surface area contributed by atoms with Crippen molar-refractivity contribution in [3.63, 3.8) is 0 Å². The Hall–Kier alpha value is -5.27. The first-order chi connectivity index (χ1) is 28.3. The maximum atomic E-state index is 13.8. The fraction of sp³-hybridized carbons (Fsp3) is 0.383. The van der Waals surface area contributed by atoms with Crippen LogP contribution < -0.4 is 16.2 Å². The molecule has 0 aliphatic carbocycles. The molecule has 1 aromatic heterocycles. The minimum absolute atomic E-state index is 0.0196. The Morgan fingerprint density at radius 1 is 0.898 bits per heavy atom. The summed E-state index contributed by atoms with van der Waals surface area (Å²) in [7, 11) is -2.23. The quantitative estimate of drug-likeness (QED) is 0.0870. The molecule has 2 aliphatic rings. The van der Waals surface area contributed by atoms with Crippen molar-refractivity contribution < 1.29 is 23.9 Å². The highest BCUT2D eigenvalue weighted by atomic mass is 28.4. The van der Waals surface area contributed by atoms with Gasteiger partial charge in [0.15, 0.2) is 8.32 Å². The number of H-pyrrole nitrogens is 1. The number of hydrogen-bond donors (Lipinski definition) is 4. The van der Waals surface area contributed by atoms with Gasteiger partial charge in [-0.3, -0.25) is 14.9 Å². The van der Waals surface area contributed by atoms with Crippen molar-refractivity contribution in [2.24, 2.45) is 0 Å². The highest BCUT2D eigenvalue weighted by molar-refractivity contribution is 6.74. The molecule has 5 aromatic rings. The molecule has 2 aliphatic heterocycles. The van der Waals surface area contributed by atoms with Gasteiger partial charge in [0.25, 0.3) is 5.91 Å². The summed E-state index contributed by atoms with van der Waals surface area (Å²) in [6, 6.07) is 30.6. The van der Waals surface area contributed by atoms with Crippen molar-refractivity contribution in [3.05, 3.63) is 130 Å². The van der Waals surface area contributed by atoms with Gasteiger partial charge in [0.2, 0.25) is 5.56 Å². The molecule has 310 valence electrons. The van der Waals surface area contributed by atoms with Gasteiger partial charge in [0, 0.05) is 68.4 Å². The summed E-state index contributed by atoms with van der Waals surface area (Å²) in [5.74, 6) is 0.0774. The van der Waals surface area contributed by atoms with Crippen LogP contribution >= 0.6 is 0 Å². The van der Waals surface area contributed by atoms with Crippen LogP contribution in [0.25, 0.3) is 22.0 Å². The summed E-state index contributed by atoms with van der Waals surface area (Å²) in [4.78, 5) is 46.0. The molecule has 4 aromatic carbocycles. The van der Waals surface area contributed by atoms with E-state index in [1.807, 2.05) is 71.6 Å². The lowest BCUT2D eigenvalue weighted by atomic mass is 9.96. The number of amides is 2. The Kier molecular flexibility index (Phi) is 12.7.